The van der Waals surface area contributed by atoms with E-state index in [4.69, 9.17) is 35.4 Å². The lowest BCUT2D eigenvalue weighted by molar-refractivity contribution is 0.935. The molecule has 0 saturated heterocycles. The summed E-state index contributed by atoms with van der Waals surface area (Å²) in [4.78, 5) is 7.43. The molecule has 0 aliphatic carbocycles. The average Bonchev–Trinajstić information content (AvgIpc) is 2.21. The number of hydrogen-bond donors (Lipinski definition) is 1. The number of aromatic amines is 1. The second kappa shape index (κ2) is 5.17. The van der Waals surface area contributed by atoms with Gasteiger partial charge in [-0.15, -0.1) is 0 Å². The van der Waals surface area contributed by atoms with E-state index in [2.05, 4.69) is 9.97 Å². The van der Waals surface area contributed by atoms with Crippen LogP contribution < -0.4 is 0 Å². The van der Waals surface area contributed by atoms with Crippen LogP contribution in [0.4, 0.5) is 0 Å². The highest BCUT2D eigenvalue weighted by Crippen LogP contribution is 2.22. The Bertz CT molecular complexity index is 608. The van der Waals surface area contributed by atoms with E-state index in [9.17, 15) is 0 Å². The van der Waals surface area contributed by atoms with E-state index in [1.807, 2.05) is 25.1 Å². The second-order valence-electron chi connectivity index (χ2n) is 3.76. The Morgan fingerprint density at radius 1 is 1.29 bits per heavy atom. The molecular weight excluding hydrogens is 275 g/mol. The summed E-state index contributed by atoms with van der Waals surface area (Å²) in [5, 5.41) is 1.27. The number of nitrogens with one attached hydrogen (secondary N) is 1. The first-order valence-corrected chi connectivity index (χ1v) is 6.22. The maximum Gasteiger partial charge on any atom is 0.129 e. The molecule has 0 amide bonds. The minimum absolute atomic E-state index is 0.585. The molecule has 0 aliphatic heterocycles. The van der Waals surface area contributed by atoms with Crippen molar-refractivity contribution in [2.75, 3.05) is 0 Å². The zero-order chi connectivity index (χ0) is 12.4. The van der Waals surface area contributed by atoms with E-state index >= 15 is 0 Å². The van der Waals surface area contributed by atoms with Gasteiger partial charge in [0.1, 0.15) is 10.5 Å². The van der Waals surface area contributed by atoms with Crippen molar-refractivity contribution in [3.8, 4) is 0 Å². The molecular formula is C12H10Cl2N2S. The van der Waals surface area contributed by atoms with Gasteiger partial charge in [0.25, 0.3) is 0 Å². The third-order valence-corrected chi connectivity index (χ3v) is 3.10. The van der Waals surface area contributed by atoms with Crippen LogP contribution in [0.5, 0.6) is 0 Å². The van der Waals surface area contributed by atoms with Crippen molar-refractivity contribution in [3.05, 3.63) is 56.0 Å². The molecule has 0 fully saturated rings. The maximum absolute atomic E-state index is 6.11. The molecule has 0 aliphatic rings. The van der Waals surface area contributed by atoms with E-state index in [0.717, 1.165) is 17.1 Å². The highest BCUT2D eigenvalue weighted by atomic mass is 35.5. The Morgan fingerprint density at radius 3 is 2.71 bits per heavy atom. The van der Waals surface area contributed by atoms with Gasteiger partial charge in [0.15, 0.2) is 0 Å². The van der Waals surface area contributed by atoms with Crippen molar-refractivity contribution in [1.29, 1.82) is 0 Å². The predicted molar refractivity (Wildman–Crippen MR) is 73.4 cm³/mol. The molecule has 1 aromatic heterocycles. The summed E-state index contributed by atoms with van der Waals surface area (Å²) >= 11 is 17.0. The van der Waals surface area contributed by atoms with Gasteiger partial charge in [0, 0.05) is 22.2 Å². The van der Waals surface area contributed by atoms with Crippen LogP contribution >= 0.6 is 35.4 Å². The monoisotopic (exact) mass is 284 g/mol. The Morgan fingerprint density at radius 2 is 2.06 bits per heavy atom. The Labute approximate surface area is 115 Å². The topological polar surface area (TPSA) is 28.7 Å². The van der Waals surface area contributed by atoms with Crippen molar-refractivity contribution in [1.82, 2.24) is 9.97 Å². The molecule has 5 heteroatoms. The molecule has 17 heavy (non-hydrogen) atoms. The molecule has 0 radical (unpaired) electrons. The number of H-pyrrole nitrogens is 1. The van der Waals surface area contributed by atoms with E-state index in [-0.39, 0.29) is 0 Å². The zero-order valence-electron chi connectivity index (χ0n) is 9.13. The Hall–Kier alpha value is -0.900. The second-order valence-corrected chi connectivity index (χ2v) is 5.02. The number of hydrogen-bond acceptors (Lipinski definition) is 2. The van der Waals surface area contributed by atoms with Gasteiger partial charge in [-0.3, -0.25) is 0 Å². The fourth-order valence-electron chi connectivity index (χ4n) is 1.57. The molecule has 1 heterocycles. The van der Waals surface area contributed by atoms with Gasteiger partial charge in [-0.05, 0) is 30.7 Å². The number of aryl methyl sites for hydroxylation is 1. The smallest absolute Gasteiger partial charge is 0.129 e. The van der Waals surface area contributed by atoms with Gasteiger partial charge in [-0.25, -0.2) is 4.98 Å². The molecule has 0 atom stereocenters. The Balaban J connectivity index is 2.34. The lowest BCUT2D eigenvalue weighted by Crippen LogP contribution is -1.99. The number of aromatic nitrogens is 2. The summed E-state index contributed by atoms with van der Waals surface area (Å²) in [6.07, 6.45) is 0.612. The van der Waals surface area contributed by atoms with E-state index in [1.54, 1.807) is 6.07 Å². The van der Waals surface area contributed by atoms with E-state index in [0.29, 0.717) is 21.1 Å². The van der Waals surface area contributed by atoms with Gasteiger partial charge in [-0.1, -0.05) is 41.5 Å². The third-order valence-electron chi connectivity index (χ3n) is 2.30. The van der Waals surface area contributed by atoms with Gasteiger partial charge in [0.2, 0.25) is 0 Å². The highest BCUT2D eigenvalue weighted by molar-refractivity contribution is 7.71. The summed E-state index contributed by atoms with van der Waals surface area (Å²) in [6, 6.07) is 7.25. The number of rotatable bonds is 2. The first-order valence-electron chi connectivity index (χ1n) is 5.05. The van der Waals surface area contributed by atoms with Crippen molar-refractivity contribution in [2.45, 2.75) is 13.3 Å². The first kappa shape index (κ1) is 12.6. The zero-order valence-corrected chi connectivity index (χ0v) is 11.5. The van der Waals surface area contributed by atoms with Crippen molar-refractivity contribution in [2.24, 2.45) is 0 Å². The van der Waals surface area contributed by atoms with Gasteiger partial charge in [-0.2, -0.15) is 0 Å². The highest BCUT2D eigenvalue weighted by Gasteiger charge is 2.04. The molecule has 0 unspecified atom stereocenters. The standard InChI is InChI=1S/C12H10Cl2N2S/c1-7-4-12(17)16-11(15-7)5-8-2-3-9(13)6-10(8)14/h2-4,6H,5H2,1H3,(H,15,16,17). The quantitative estimate of drug-likeness (QED) is 0.831. The summed E-state index contributed by atoms with van der Waals surface area (Å²) in [7, 11) is 0. The normalized spacial score (nSPS) is 10.5. The molecule has 2 aromatic rings. The molecule has 1 aromatic carbocycles. The molecule has 0 spiro atoms. The van der Waals surface area contributed by atoms with Gasteiger partial charge in [0.05, 0.1) is 0 Å². The third kappa shape index (κ3) is 3.28. The summed E-state index contributed by atoms with van der Waals surface area (Å²) in [6.45, 7) is 1.95. The SMILES string of the molecule is Cc1cc(=S)nc(Cc2ccc(Cl)cc2Cl)[nH]1. The summed E-state index contributed by atoms with van der Waals surface area (Å²) < 4.78 is 0.585. The molecule has 0 bridgehead atoms. The first-order chi connectivity index (χ1) is 8.04. The number of halogens is 2. The fraction of sp³-hybridized carbons (Fsp3) is 0.167. The van der Waals surface area contributed by atoms with Crippen molar-refractivity contribution < 1.29 is 0 Å². The summed E-state index contributed by atoms with van der Waals surface area (Å²) in [5.74, 6) is 0.805. The minimum Gasteiger partial charge on any atom is -0.347 e. The van der Waals surface area contributed by atoms with Crippen LogP contribution in [0.3, 0.4) is 0 Å². The minimum atomic E-state index is 0.585. The fourth-order valence-corrected chi connectivity index (χ4v) is 2.33. The molecule has 2 nitrogen and oxygen atoms in total. The lowest BCUT2D eigenvalue weighted by Gasteiger charge is -2.05. The van der Waals surface area contributed by atoms with Crippen molar-refractivity contribution >= 4 is 35.4 Å². The van der Waals surface area contributed by atoms with Crippen LogP contribution in [0.15, 0.2) is 24.3 Å². The number of benzene rings is 1. The molecule has 2 rings (SSSR count). The Kier molecular flexibility index (Phi) is 3.82. The average molecular weight is 285 g/mol. The van der Waals surface area contributed by atoms with Gasteiger partial charge < -0.3 is 4.98 Å². The van der Waals surface area contributed by atoms with Crippen LogP contribution in [0.2, 0.25) is 10.0 Å². The maximum atomic E-state index is 6.11. The van der Waals surface area contributed by atoms with Crippen molar-refractivity contribution in [3.63, 3.8) is 0 Å². The molecule has 1 N–H and O–H groups in total. The number of nitrogens with zero attached hydrogens (tertiary/aromatic N) is 1. The van der Waals surface area contributed by atoms with Crippen LogP contribution in [-0.4, -0.2) is 9.97 Å². The van der Waals surface area contributed by atoms with Gasteiger partial charge >= 0.3 is 0 Å². The van der Waals surface area contributed by atoms with E-state index < -0.39 is 0 Å². The van der Waals surface area contributed by atoms with Crippen LogP contribution in [0, 0.1) is 11.6 Å². The molecule has 0 saturated carbocycles. The predicted octanol–water partition coefficient (Wildman–Crippen LogP) is 4.35. The largest absolute Gasteiger partial charge is 0.347 e. The van der Waals surface area contributed by atoms with Crippen LogP contribution in [0.1, 0.15) is 17.1 Å². The van der Waals surface area contributed by atoms with Crippen LogP contribution in [-0.2, 0) is 6.42 Å². The van der Waals surface area contributed by atoms with Crippen LogP contribution in [0.25, 0.3) is 0 Å². The lowest BCUT2D eigenvalue weighted by atomic mass is 10.1. The summed E-state index contributed by atoms with van der Waals surface area (Å²) in [5.41, 5.74) is 1.96. The molecule has 88 valence electrons. The van der Waals surface area contributed by atoms with E-state index in [1.165, 1.54) is 0 Å².